The molecule has 3 rings (SSSR count). The van der Waals surface area contributed by atoms with E-state index < -0.39 is 34.0 Å². The Hall–Kier alpha value is -3.54. The van der Waals surface area contributed by atoms with E-state index in [9.17, 15) is 29.3 Å². The van der Waals surface area contributed by atoms with Crippen LogP contribution in [0.4, 0.5) is 5.69 Å². The second-order valence-corrected chi connectivity index (χ2v) is 6.38. The lowest BCUT2D eigenvalue weighted by atomic mass is 10.1. The Morgan fingerprint density at radius 3 is 2.68 bits per heavy atom. The lowest BCUT2D eigenvalue weighted by molar-refractivity contribution is -0.384. The van der Waals surface area contributed by atoms with Gasteiger partial charge in [-0.25, -0.2) is 4.79 Å². The van der Waals surface area contributed by atoms with Gasteiger partial charge >= 0.3 is 17.1 Å². The molecule has 4 N–H and O–H groups in total. The third-order valence-electron chi connectivity index (χ3n) is 4.56. The number of benzene rings is 1. The molecule has 2 aromatic rings. The number of carbonyl (C=O) groups excluding carboxylic acids is 1. The summed E-state index contributed by atoms with van der Waals surface area (Å²) in [7, 11) is 0. The van der Waals surface area contributed by atoms with Gasteiger partial charge in [0.1, 0.15) is 6.04 Å². The molecule has 1 saturated heterocycles. The summed E-state index contributed by atoms with van der Waals surface area (Å²) in [4.78, 5) is 62.9. The maximum absolute atomic E-state index is 12.3. The van der Waals surface area contributed by atoms with Crippen LogP contribution in [0.3, 0.4) is 0 Å². The molecule has 1 aromatic carbocycles. The van der Waals surface area contributed by atoms with Crippen LogP contribution in [0, 0.1) is 10.1 Å². The minimum atomic E-state index is -1.06. The summed E-state index contributed by atoms with van der Waals surface area (Å²) in [5.41, 5.74) is -1.52. The Morgan fingerprint density at radius 1 is 1.29 bits per heavy atom. The molecule has 148 valence electrons. The van der Waals surface area contributed by atoms with Crippen molar-refractivity contribution in [3.63, 3.8) is 0 Å². The average Bonchev–Trinajstić information content (AvgIpc) is 3.13. The number of likely N-dealkylation sites (tertiary alicyclic amines) is 1. The number of carboxylic acid groups (broad SMARTS) is 1. The van der Waals surface area contributed by atoms with Crippen LogP contribution in [-0.4, -0.2) is 55.9 Å². The molecule has 0 spiro atoms. The maximum Gasteiger partial charge on any atom is 0.326 e. The highest BCUT2D eigenvalue weighted by Gasteiger charge is 2.33. The van der Waals surface area contributed by atoms with Crippen molar-refractivity contribution >= 4 is 28.6 Å². The quantitative estimate of drug-likeness (QED) is 0.283. The molecule has 1 aliphatic rings. The van der Waals surface area contributed by atoms with Crippen LogP contribution in [0.1, 0.15) is 18.4 Å². The molecule has 12 heteroatoms. The predicted octanol–water partition coefficient (Wildman–Crippen LogP) is -0.710. The molecule has 1 aliphatic heterocycles. The van der Waals surface area contributed by atoms with Gasteiger partial charge in [-0.3, -0.25) is 24.5 Å². The van der Waals surface area contributed by atoms with E-state index in [1.54, 1.807) is 0 Å². The third-order valence-corrected chi connectivity index (χ3v) is 4.56. The summed E-state index contributed by atoms with van der Waals surface area (Å²) in [5, 5.41) is 23.1. The van der Waals surface area contributed by atoms with E-state index in [1.807, 2.05) is 0 Å². The number of aromatic amines is 2. The second-order valence-electron chi connectivity index (χ2n) is 6.38. The summed E-state index contributed by atoms with van der Waals surface area (Å²) in [6.07, 6.45) is 0.998. The van der Waals surface area contributed by atoms with Crippen molar-refractivity contribution in [2.75, 3.05) is 13.1 Å². The molecule has 0 bridgehead atoms. The number of non-ortho nitro benzene ring substituents is 1. The van der Waals surface area contributed by atoms with E-state index in [1.165, 1.54) is 11.0 Å². The van der Waals surface area contributed by atoms with Crippen molar-refractivity contribution in [2.45, 2.75) is 25.4 Å². The van der Waals surface area contributed by atoms with E-state index in [0.717, 1.165) is 6.07 Å². The molecule has 2 heterocycles. The topological polar surface area (TPSA) is 178 Å². The zero-order valence-electron chi connectivity index (χ0n) is 14.6. The number of carbonyl (C=O) groups is 2. The SMILES string of the molecule is O=C(O)C1CCCN1C(=O)CNCc1cc([N+](=O)[O-])cc2[nH]c(=O)c(=O)[nH]c12. The number of fused-ring (bicyclic) bond motifs is 1. The highest BCUT2D eigenvalue weighted by atomic mass is 16.6. The molecule has 1 aromatic heterocycles. The molecule has 0 saturated carbocycles. The third kappa shape index (κ3) is 3.76. The number of rotatable bonds is 6. The fourth-order valence-electron chi connectivity index (χ4n) is 3.25. The van der Waals surface area contributed by atoms with Crippen LogP contribution in [0.5, 0.6) is 0 Å². The first-order valence-corrected chi connectivity index (χ1v) is 8.44. The van der Waals surface area contributed by atoms with E-state index in [-0.39, 0.29) is 29.8 Å². The Balaban J connectivity index is 1.80. The standard InChI is InChI=1S/C16H17N5O7/c22-12(20-3-1-2-11(20)16(25)26)7-17-6-8-4-9(21(27)28)5-10-13(8)19-15(24)14(23)18-10/h4-5,11,17H,1-3,6-7H2,(H,18,23)(H,19,24)(H,25,26). The van der Waals surface area contributed by atoms with Gasteiger partial charge in [0.25, 0.3) is 5.69 Å². The Labute approximate surface area is 156 Å². The lowest BCUT2D eigenvalue weighted by Gasteiger charge is -2.21. The van der Waals surface area contributed by atoms with Gasteiger partial charge < -0.3 is 25.3 Å². The highest BCUT2D eigenvalue weighted by molar-refractivity contribution is 5.85. The number of aromatic nitrogens is 2. The number of amides is 1. The maximum atomic E-state index is 12.3. The highest BCUT2D eigenvalue weighted by Crippen LogP contribution is 2.21. The minimum absolute atomic E-state index is 0.0164. The Kier molecular flexibility index (Phi) is 5.22. The van der Waals surface area contributed by atoms with Gasteiger partial charge in [-0.05, 0) is 18.4 Å². The van der Waals surface area contributed by atoms with Gasteiger partial charge in [-0.2, -0.15) is 0 Å². The fourth-order valence-corrected chi connectivity index (χ4v) is 3.25. The monoisotopic (exact) mass is 391 g/mol. The normalized spacial score (nSPS) is 16.4. The summed E-state index contributed by atoms with van der Waals surface area (Å²) < 4.78 is 0. The first kappa shape index (κ1) is 19.2. The minimum Gasteiger partial charge on any atom is -0.480 e. The number of hydrogen-bond acceptors (Lipinski definition) is 7. The average molecular weight is 391 g/mol. The van der Waals surface area contributed by atoms with Crippen LogP contribution in [0.15, 0.2) is 21.7 Å². The van der Waals surface area contributed by atoms with Crippen LogP contribution in [0.25, 0.3) is 11.0 Å². The van der Waals surface area contributed by atoms with Crippen LogP contribution >= 0.6 is 0 Å². The molecule has 0 radical (unpaired) electrons. The molecule has 1 fully saturated rings. The van der Waals surface area contributed by atoms with Gasteiger partial charge in [0.05, 0.1) is 22.5 Å². The number of carboxylic acids is 1. The van der Waals surface area contributed by atoms with Gasteiger partial charge in [0, 0.05) is 25.2 Å². The van der Waals surface area contributed by atoms with Crippen molar-refractivity contribution < 1.29 is 19.6 Å². The summed E-state index contributed by atoms with van der Waals surface area (Å²) in [5.74, 6) is -1.46. The number of aliphatic carboxylic acids is 1. The smallest absolute Gasteiger partial charge is 0.326 e. The van der Waals surface area contributed by atoms with Crippen molar-refractivity contribution in [1.29, 1.82) is 0 Å². The number of nitrogens with one attached hydrogen (secondary N) is 3. The van der Waals surface area contributed by atoms with Crippen molar-refractivity contribution in [3.05, 3.63) is 48.5 Å². The molecule has 0 aliphatic carbocycles. The summed E-state index contributed by atoms with van der Waals surface area (Å²) >= 11 is 0. The van der Waals surface area contributed by atoms with Gasteiger partial charge in [-0.1, -0.05) is 0 Å². The number of nitro benzene ring substituents is 1. The van der Waals surface area contributed by atoms with Gasteiger partial charge in [-0.15, -0.1) is 0 Å². The van der Waals surface area contributed by atoms with Crippen LogP contribution < -0.4 is 16.4 Å². The van der Waals surface area contributed by atoms with E-state index in [2.05, 4.69) is 15.3 Å². The van der Waals surface area contributed by atoms with Crippen LogP contribution in [0.2, 0.25) is 0 Å². The van der Waals surface area contributed by atoms with Crippen molar-refractivity contribution in [1.82, 2.24) is 20.2 Å². The molecule has 1 amide bonds. The van der Waals surface area contributed by atoms with Gasteiger partial charge in [0.2, 0.25) is 5.91 Å². The molecule has 1 atom stereocenters. The predicted molar refractivity (Wildman–Crippen MR) is 95.9 cm³/mol. The zero-order chi connectivity index (χ0) is 20.4. The van der Waals surface area contributed by atoms with E-state index in [0.29, 0.717) is 24.9 Å². The van der Waals surface area contributed by atoms with Crippen molar-refractivity contribution in [2.24, 2.45) is 0 Å². The fraction of sp³-hybridized carbons (Fsp3) is 0.375. The largest absolute Gasteiger partial charge is 0.480 e. The molecular weight excluding hydrogens is 374 g/mol. The number of nitrogens with zero attached hydrogens (tertiary/aromatic N) is 2. The van der Waals surface area contributed by atoms with E-state index in [4.69, 9.17) is 5.11 Å². The molecular formula is C16H17N5O7. The van der Waals surface area contributed by atoms with E-state index >= 15 is 0 Å². The van der Waals surface area contributed by atoms with Crippen LogP contribution in [-0.2, 0) is 16.1 Å². The summed E-state index contributed by atoms with van der Waals surface area (Å²) in [6.45, 7) is 0.158. The molecule has 1 unspecified atom stereocenters. The Bertz CT molecular complexity index is 1070. The zero-order valence-corrected chi connectivity index (χ0v) is 14.6. The number of hydrogen-bond donors (Lipinski definition) is 4. The van der Waals surface area contributed by atoms with Gasteiger partial charge in [0.15, 0.2) is 0 Å². The summed E-state index contributed by atoms with van der Waals surface area (Å²) in [6, 6.07) is 1.50. The van der Waals surface area contributed by atoms with Crippen molar-refractivity contribution in [3.8, 4) is 0 Å². The number of nitro groups is 1. The molecule has 28 heavy (non-hydrogen) atoms. The first-order chi connectivity index (χ1) is 13.3. The Morgan fingerprint density at radius 2 is 2.00 bits per heavy atom. The molecule has 12 nitrogen and oxygen atoms in total. The number of H-pyrrole nitrogens is 2. The second kappa shape index (κ2) is 7.60. The first-order valence-electron chi connectivity index (χ1n) is 8.44. The lowest BCUT2D eigenvalue weighted by Crippen LogP contribution is -2.44.